The molecule has 0 aliphatic heterocycles. The first kappa shape index (κ1) is 20.1. The Morgan fingerprint density at radius 2 is 1.46 bits per heavy atom. The van der Waals surface area contributed by atoms with Gasteiger partial charge in [-0.15, -0.1) is 0 Å². The predicted molar refractivity (Wildman–Crippen MR) is 112 cm³/mol. The lowest BCUT2D eigenvalue weighted by atomic mass is 9.62. The summed E-state index contributed by atoms with van der Waals surface area (Å²) < 4.78 is 4.75. The molecule has 148 valence electrons. The van der Waals surface area contributed by atoms with Crippen LogP contribution in [0.2, 0.25) is 0 Å². The van der Waals surface area contributed by atoms with Gasteiger partial charge in [-0.05, 0) is 65.5 Å². The Kier molecular flexibility index (Phi) is 5.09. The van der Waals surface area contributed by atoms with Crippen molar-refractivity contribution in [1.29, 1.82) is 0 Å². The molecule has 0 saturated heterocycles. The molecule has 0 saturated carbocycles. The second-order valence-corrected chi connectivity index (χ2v) is 9.00. The summed E-state index contributed by atoms with van der Waals surface area (Å²) in [6, 6.07) is 11.4. The fourth-order valence-electron chi connectivity index (χ4n) is 4.13. The lowest BCUT2D eigenvalue weighted by Gasteiger charge is -2.42. The van der Waals surface area contributed by atoms with Crippen LogP contribution in [0.3, 0.4) is 0 Å². The van der Waals surface area contributed by atoms with Crippen LogP contribution in [0.15, 0.2) is 41.6 Å². The molecule has 0 amide bonds. The molecule has 4 nitrogen and oxygen atoms in total. The van der Waals surface area contributed by atoms with Gasteiger partial charge in [0.15, 0.2) is 0 Å². The number of aryl methyl sites for hydroxylation is 1. The number of carbonyl (C=O) groups excluding carboxylic acids is 1. The van der Waals surface area contributed by atoms with Crippen LogP contribution in [0.25, 0.3) is 0 Å². The van der Waals surface area contributed by atoms with Crippen molar-refractivity contribution in [3.05, 3.63) is 69.8 Å². The Morgan fingerprint density at radius 3 is 1.96 bits per heavy atom. The second kappa shape index (κ2) is 7.08. The highest BCUT2D eigenvalue weighted by molar-refractivity contribution is 6.13. The van der Waals surface area contributed by atoms with Crippen LogP contribution in [0.1, 0.15) is 78.7 Å². The van der Waals surface area contributed by atoms with E-state index in [9.17, 15) is 10.0 Å². The summed E-state index contributed by atoms with van der Waals surface area (Å²) in [5.41, 5.74) is 6.62. The molecule has 0 heterocycles. The normalized spacial score (nSPS) is 17.7. The summed E-state index contributed by atoms with van der Waals surface area (Å²) in [7, 11) is 1.36. The molecule has 1 N–H and O–H groups in total. The van der Waals surface area contributed by atoms with Crippen LogP contribution in [0, 0.1) is 6.92 Å². The van der Waals surface area contributed by atoms with Crippen molar-refractivity contribution >= 4 is 11.7 Å². The van der Waals surface area contributed by atoms with Gasteiger partial charge in [0.05, 0.1) is 12.7 Å². The number of oxime groups is 1. The standard InChI is InChI=1S/C24H29NO3/c1-15-13-19-20(24(4,5)12-11-23(19,2)3)14-18(15)21(25-27)16-7-9-17(10-8-16)22(26)28-6/h7-10,13-14,27H,11-12H2,1-6H3/b25-21-. The summed E-state index contributed by atoms with van der Waals surface area (Å²) in [4.78, 5) is 11.7. The lowest BCUT2D eigenvalue weighted by molar-refractivity contribution is 0.0600. The van der Waals surface area contributed by atoms with Crippen LogP contribution >= 0.6 is 0 Å². The minimum atomic E-state index is -0.386. The Balaban J connectivity index is 2.11. The number of benzene rings is 2. The molecule has 0 aromatic heterocycles. The largest absolute Gasteiger partial charge is 0.465 e. The molecule has 1 aliphatic carbocycles. The Morgan fingerprint density at radius 1 is 0.964 bits per heavy atom. The van der Waals surface area contributed by atoms with Gasteiger partial charge in [0.2, 0.25) is 0 Å². The molecule has 4 heteroatoms. The molecule has 2 aromatic rings. The van der Waals surface area contributed by atoms with Crippen molar-refractivity contribution in [1.82, 2.24) is 0 Å². The third-order valence-electron chi connectivity index (χ3n) is 6.13. The number of rotatable bonds is 3. The van der Waals surface area contributed by atoms with E-state index in [2.05, 4.69) is 51.9 Å². The van der Waals surface area contributed by atoms with E-state index in [1.54, 1.807) is 24.3 Å². The van der Waals surface area contributed by atoms with Crippen molar-refractivity contribution in [3.63, 3.8) is 0 Å². The SMILES string of the molecule is COC(=O)c1ccc(/C(=N/O)c2cc3c(cc2C)C(C)(C)CCC3(C)C)cc1. The Labute approximate surface area is 167 Å². The highest BCUT2D eigenvalue weighted by atomic mass is 16.5. The van der Waals surface area contributed by atoms with Gasteiger partial charge in [-0.25, -0.2) is 4.79 Å². The number of esters is 1. The van der Waals surface area contributed by atoms with Crippen LogP contribution in [-0.4, -0.2) is 24.0 Å². The molecule has 0 radical (unpaired) electrons. The van der Waals surface area contributed by atoms with Gasteiger partial charge in [-0.1, -0.05) is 51.0 Å². The summed E-state index contributed by atoms with van der Waals surface area (Å²) >= 11 is 0. The van der Waals surface area contributed by atoms with Crippen molar-refractivity contribution in [2.45, 2.75) is 58.3 Å². The Bertz CT molecular complexity index is 937. The number of methoxy groups -OCH3 is 1. The zero-order valence-electron chi connectivity index (χ0n) is 17.6. The minimum Gasteiger partial charge on any atom is -0.465 e. The topological polar surface area (TPSA) is 58.9 Å². The van der Waals surface area contributed by atoms with Crippen LogP contribution in [0.5, 0.6) is 0 Å². The maximum Gasteiger partial charge on any atom is 0.337 e. The van der Waals surface area contributed by atoms with Gasteiger partial charge in [0.25, 0.3) is 0 Å². The van der Waals surface area contributed by atoms with Crippen molar-refractivity contribution in [2.75, 3.05) is 7.11 Å². The zero-order chi connectivity index (χ0) is 20.7. The first-order valence-electron chi connectivity index (χ1n) is 9.67. The maximum atomic E-state index is 11.7. The average molecular weight is 380 g/mol. The fourth-order valence-corrected chi connectivity index (χ4v) is 4.13. The first-order chi connectivity index (χ1) is 13.1. The number of hydrogen-bond acceptors (Lipinski definition) is 4. The summed E-state index contributed by atoms with van der Waals surface area (Å²) in [6.07, 6.45) is 2.27. The minimum absolute atomic E-state index is 0.0720. The van der Waals surface area contributed by atoms with E-state index in [4.69, 9.17) is 4.74 Å². The van der Waals surface area contributed by atoms with Crippen molar-refractivity contribution in [3.8, 4) is 0 Å². The molecule has 0 spiro atoms. The quantitative estimate of drug-likeness (QED) is 0.338. The van der Waals surface area contributed by atoms with E-state index in [1.807, 2.05) is 0 Å². The van der Waals surface area contributed by atoms with Gasteiger partial charge in [-0.3, -0.25) is 0 Å². The molecule has 0 atom stereocenters. The van der Waals surface area contributed by atoms with E-state index >= 15 is 0 Å². The molecule has 3 rings (SSSR count). The molecule has 1 aliphatic rings. The molecule has 2 aromatic carbocycles. The van der Waals surface area contributed by atoms with Gasteiger partial charge in [-0.2, -0.15) is 0 Å². The number of hydrogen-bond donors (Lipinski definition) is 1. The fraction of sp³-hybridized carbons (Fsp3) is 0.417. The highest BCUT2D eigenvalue weighted by Gasteiger charge is 2.37. The second-order valence-electron chi connectivity index (χ2n) is 9.00. The van der Waals surface area contributed by atoms with E-state index in [-0.39, 0.29) is 16.8 Å². The summed E-state index contributed by atoms with van der Waals surface area (Å²) in [5.74, 6) is -0.386. The molecule has 0 fully saturated rings. The molecule has 0 bridgehead atoms. The monoisotopic (exact) mass is 379 g/mol. The van der Waals surface area contributed by atoms with Crippen LogP contribution in [-0.2, 0) is 15.6 Å². The predicted octanol–water partition coefficient (Wildman–Crippen LogP) is 5.36. The number of carbonyl (C=O) groups is 1. The zero-order valence-corrected chi connectivity index (χ0v) is 17.6. The van der Waals surface area contributed by atoms with Gasteiger partial charge in [0.1, 0.15) is 5.71 Å². The van der Waals surface area contributed by atoms with E-state index in [0.717, 1.165) is 29.5 Å². The smallest absolute Gasteiger partial charge is 0.337 e. The van der Waals surface area contributed by atoms with Gasteiger partial charge < -0.3 is 9.94 Å². The van der Waals surface area contributed by atoms with Crippen LogP contribution < -0.4 is 0 Å². The van der Waals surface area contributed by atoms with E-state index in [0.29, 0.717) is 11.3 Å². The third-order valence-corrected chi connectivity index (χ3v) is 6.13. The summed E-state index contributed by atoms with van der Waals surface area (Å²) in [6.45, 7) is 11.2. The van der Waals surface area contributed by atoms with Crippen molar-refractivity contribution < 1.29 is 14.7 Å². The number of nitrogens with zero attached hydrogens (tertiary/aromatic N) is 1. The highest BCUT2D eigenvalue weighted by Crippen LogP contribution is 2.46. The van der Waals surface area contributed by atoms with Crippen LogP contribution in [0.4, 0.5) is 0 Å². The van der Waals surface area contributed by atoms with E-state index in [1.165, 1.54) is 18.2 Å². The number of fused-ring (bicyclic) bond motifs is 1. The summed E-state index contributed by atoms with van der Waals surface area (Å²) in [5, 5.41) is 13.4. The van der Waals surface area contributed by atoms with Crippen molar-refractivity contribution in [2.24, 2.45) is 5.16 Å². The molecular formula is C24H29NO3. The molecule has 0 unspecified atom stereocenters. The number of ether oxygens (including phenoxy) is 1. The molecular weight excluding hydrogens is 350 g/mol. The maximum absolute atomic E-state index is 11.7. The lowest BCUT2D eigenvalue weighted by Crippen LogP contribution is -2.34. The Hall–Kier alpha value is -2.62. The average Bonchev–Trinajstić information content (AvgIpc) is 2.67. The van der Waals surface area contributed by atoms with Gasteiger partial charge in [0, 0.05) is 11.1 Å². The third kappa shape index (κ3) is 3.44. The molecule has 28 heavy (non-hydrogen) atoms. The van der Waals surface area contributed by atoms with Gasteiger partial charge >= 0.3 is 5.97 Å². The first-order valence-corrected chi connectivity index (χ1v) is 9.67. The van der Waals surface area contributed by atoms with E-state index < -0.39 is 0 Å².